The number of nitrogens with zero attached hydrogens (tertiary/aromatic N) is 1. The normalized spacial score (nSPS) is 20.8. The van der Waals surface area contributed by atoms with E-state index < -0.39 is 0 Å². The van der Waals surface area contributed by atoms with Gasteiger partial charge in [0, 0.05) is 12.5 Å². The number of piperidine rings is 1. The number of likely N-dealkylation sites (tertiary alicyclic amines) is 1. The molecule has 0 radical (unpaired) electrons. The van der Waals surface area contributed by atoms with E-state index in [1.54, 1.807) is 0 Å². The maximum Gasteiger partial charge on any atom is 0.119 e. The van der Waals surface area contributed by atoms with Crippen molar-refractivity contribution in [2.75, 3.05) is 26.2 Å². The highest BCUT2D eigenvalue weighted by molar-refractivity contribution is 5.20. The molecule has 0 saturated carbocycles. The zero-order chi connectivity index (χ0) is 12.6. The molecule has 1 saturated heterocycles. The predicted octanol–water partition coefficient (Wildman–Crippen LogP) is 3.58. The molecule has 1 aliphatic rings. The predicted molar refractivity (Wildman–Crippen MR) is 76.0 cm³/mol. The summed E-state index contributed by atoms with van der Waals surface area (Å²) < 4.78 is 5.87. The van der Waals surface area contributed by atoms with Crippen LogP contribution in [0.2, 0.25) is 0 Å². The molecule has 0 aromatic heterocycles. The molecule has 18 heavy (non-hydrogen) atoms. The molecule has 0 amide bonds. The maximum absolute atomic E-state index is 5.87. The van der Waals surface area contributed by atoms with Gasteiger partial charge in [-0.25, -0.2) is 0 Å². The Hall–Kier alpha value is -1.02. The van der Waals surface area contributed by atoms with Crippen LogP contribution < -0.4 is 4.74 Å². The van der Waals surface area contributed by atoms with Crippen molar-refractivity contribution in [3.63, 3.8) is 0 Å². The summed E-state index contributed by atoms with van der Waals surface area (Å²) in [5.41, 5.74) is 0. The van der Waals surface area contributed by atoms with Gasteiger partial charge in [-0.05, 0) is 44.5 Å². The fraction of sp³-hybridized carbons (Fsp3) is 0.625. The number of rotatable bonds is 6. The second kappa shape index (κ2) is 7.42. The van der Waals surface area contributed by atoms with Gasteiger partial charge < -0.3 is 9.64 Å². The van der Waals surface area contributed by atoms with Crippen molar-refractivity contribution >= 4 is 0 Å². The third-order valence-electron chi connectivity index (χ3n) is 3.66. The molecule has 2 heteroatoms. The highest BCUT2D eigenvalue weighted by Gasteiger charge is 2.19. The molecule has 1 heterocycles. The summed E-state index contributed by atoms with van der Waals surface area (Å²) in [5.74, 6) is 1.71. The van der Waals surface area contributed by atoms with E-state index in [1.807, 2.05) is 30.3 Å². The third kappa shape index (κ3) is 4.34. The first kappa shape index (κ1) is 13.4. The summed E-state index contributed by atoms with van der Waals surface area (Å²) >= 11 is 0. The zero-order valence-corrected chi connectivity index (χ0v) is 11.5. The Bertz CT molecular complexity index is 325. The van der Waals surface area contributed by atoms with Crippen molar-refractivity contribution in [2.24, 2.45) is 5.92 Å². The number of unbranched alkanes of at least 4 members (excludes halogenated alkanes) is 1. The minimum Gasteiger partial charge on any atom is -0.493 e. The smallest absolute Gasteiger partial charge is 0.119 e. The molecule has 1 atom stereocenters. The Balaban J connectivity index is 1.72. The number of ether oxygens (including phenoxy) is 1. The summed E-state index contributed by atoms with van der Waals surface area (Å²) in [6.07, 6.45) is 5.26. The highest BCUT2D eigenvalue weighted by Crippen LogP contribution is 2.18. The van der Waals surface area contributed by atoms with Crippen molar-refractivity contribution in [1.29, 1.82) is 0 Å². The molecule has 1 unspecified atom stereocenters. The van der Waals surface area contributed by atoms with Gasteiger partial charge in [-0.2, -0.15) is 0 Å². The Kier molecular flexibility index (Phi) is 5.53. The molecule has 2 nitrogen and oxygen atoms in total. The first-order valence-electron chi connectivity index (χ1n) is 7.28. The van der Waals surface area contributed by atoms with Gasteiger partial charge in [0.05, 0.1) is 6.61 Å². The van der Waals surface area contributed by atoms with Crippen molar-refractivity contribution in [3.8, 4) is 5.75 Å². The molecule has 1 aromatic rings. The first-order chi connectivity index (χ1) is 8.88. The molecule has 0 aliphatic carbocycles. The lowest BCUT2D eigenvalue weighted by atomic mass is 9.99. The quantitative estimate of drug-likeness (QED) is 0.762. The van der Waals surface area contributed by atoms with Crippen LogP contribution in [0.1, 0.15) is 32.6 Å². The van der Waals surface area contributed by atoms with Crippen LogP contribution in [0.4, 0.5) is 0 Å². The van der Waals surface area contributed by atoms with Crippen LogP contribution >= 0.6 is 0 Å². The van der Waals surface area contributed by atoms with Crippen molar-refractivity contribution in [2.45, 2.75) is 32.6 Å². The average Bonchev–Trinajstić information content (AvgIpc) is 2.44. The lowest BCUT2D eigenvalue weighted by molar-refractivity contribution is 0.129. The number of hydrogen-bond acceptors (Lipinski definition) is 2. The molecule has 1 aliphatic heterocycles. The van der Waals surface area contributed by atoms with E-state index in [4.69, 9.17) is 4.74 Å². The zero-order valence-electron chi connectivity index (χ0n) is 11.5. The molecule has 100 valence electrons. The molecule has 1 fully saturated rings. The first-order valence-corrected chi connectivity index (χ1v) is 7.28. The standard InChI is InChI=1S/C16H25NO/c1-2-3-11-17-12-7-8-15(13-17)14-18-16-9-5-4-6-10-16/h4-6,9-10,15H,2-3,7-8,11-14H2,1H3. The summed E-state index contributed by atoms with van der Waals surface area (Å²) in [6, 6.07) is 10.2. The number of benzene rings is 1. The fourth-order valence-corrected chi connectivity index (χ4v) is 2.60. The van der Waals surface area contributed by atoms with E-state index in [1.165, 1.54) is 45.3 Å². The van der Waals surface area contributed by atoms with E-state index in [2.05, 4.69) is 11.8 Å². The second-order valence-corrected chi connectivity index (χ2v) is 5.29. The highest BCUT2D eigenvalue weighted by atomic mass is 16.5. The number of hydrogen-bond donors (Lipinski definition) is 0. The van der Waals surface area contributed by atoms with Gasteiger partial charge in [-0.1, -0.05) is 31.5 Å². The molecule has 1 aromatic carbocycles. The Morgan fingerprint density at radius 2 is 2.11 bits per heavy atom. The van der Waals surface area contributed by atoms with Gasteiger partial charge >= 0.3 is 0 Å². The Morgan fingerprint density at radius 1 is 1.28 bits per heavy atom. The van der Waals surface area contributed by atoms with E-state index in [0.29, 0.717) is 5.92 Å². The Labute approximate surface area is 111 Å². The van der Waals surface area contributed by atoms with Crippen LogP contribution in [-0.2, 0) is 0 Å². The molecule has 0 bridgehead atoms. The van der Waals surface area contributed by atoms with Crippen LogP contribution in [-0.4, -0.2) is 31.1 Å². The van der Waals surface area contributed by atoms with Crippen molar-refractivity contribution in [1.82, 2.24) is 4.90 Å². The van der Waals surface area contributed by atoms with E-state index in [0.717, 1.165) is 12.4 Å². The molecule has 0 spiro atoms. The van der Waals surface area contributed by atoms with E-state index in [9.17, 15) is 0 Å². The van der Waals surface area contributed by atoms with Crippen LogP contribution in [0, 0.1) is 5.92 Å². The van der Waals surface area contributed by atoms with Gasteiger partial charge in [0.1, 0.15) is 5.75 Å². The average molecular weight is 247 g/mol. The summed E-state index contributed by atoms with van der Waals surface area (Å²) in [5, 5.41) is 0. The number of para-hydroxylation sites is 1. The minimum atomic E-state index is 0.704. The largest absolute Gasteiger partial charge is 0.493 e. The van der Waals surface area contributed by atoms with Crippen LogP contribution in [0.25, 0.3) is 0 Å². The molecular formula is C16H25NO. The Morgan fingerprint density at radius 3 is 2.89 bits per heavy atom. The van der Waals surface area contributed by atoms with Crippen molar-refractivity contribution < 1.29 is 4.74 Å². The van der Waals surface area contributed by atoms with Gasteiger partial charge in [-0.3, -0.25) is 0 Å². The lowest BCUT2D eigenvalue weighted by Gasteiger charge is -2.32. The molecule has 0 N–H and O–H groups in total. The van der Waals surface area contributed by atoms with Crippen LogP contribution in [0.5, 0.6) is 5.75 Å². The van der Waals surface area contributed by atoms with Crippen molar-refractivity contribution in [3.05, 3.63) is 30.3 Å². The lowest BCUT2D eigenvalue weighted by Crippen LogP contribution is -2.38. The fourth-order valence-electron chi connectivity index (χ4n) is 2.60. The third-order valence-corrected chi connectivity index (χ3v) is 3.66. The molecular weight excluding hydrogens is 222 g/mol. The maximum atomic E-state index is 5.87. The summed E-state index contributed by atoms with van der Waals surface area (Å²) in [4.78, 5) is 2.60. The topological polar surface area (TPSA) is 12.5 Å². The monoisotopic (exact) mass is 247 g/mol. The van der Waals surface area contributed by atoms with Gasteiger partial charge in [0.25, 0.3) is 0 Å². The van der Waals surface area contributed by atoms with Crippen LogP contribution in [0.3, 0.4) is 0 Å². The molecule has 2 rings (SSSR count). The minimum absolute atomic E-state index is 0.704. The van der Waals surface area contributed by atoms with Crippen LogP contribution in [0.15, 0.2) is 30.3 Å². The van der Waals surface area contributed by atoms with Gasteiger partial charge in [0.15, 0.2) is 0 Å². The van der Waals surface area contributed by atoms with Gasteiger partial charge in [0.2, 0.25) is 0 Å². The SMILES string of the molecule is CCCCN1CCCC(COc2ccccc2)C1. The summed E-state index contributed by atoms with van der Waals surface area (Å²) in [6.45, 7) is 6.89. The van der Waals surface area contributed by atoms with E-state index in [-0.39, 0.29) is 0 Å². The second-order valence-electron chi connectivity index (χ2n) is 5.29. The van der Waals surface area contributed by atoms with Gasteiger partial charge in [-0.15, -0.1) is 0 Å². The van der Waals surface area contributed by atoms with E-state index >= 15 is 0 Å². The summed E-state index contributed by atoms with van der Waals surface area (Å²) in [7, 11) is 0.